The van der Waals surface area contributed by atoms with Crippen LogP contribution < -0.4 is 0 Å². The van der Waals surface area contributed by atoms with E-state index in [1.165, 1.54) is 0 Å². The number of nitrogens with zero attached hydrogens (tertiary/aromatic N) is 2. The molecule has 3 heteroatoms. The molecule has 0 radical (unpaired) electrons. The van der Waals surface area contributed by atoms with Crippen LogP contribution in [0.3, 0.4) is 0 Å². The number of fused-ring (bicyclic) bond motifs is 1. The van der Waals surface area contributed by atoms with E-state index in [4.69, 9.17) is 0 Å². The van der Waals surface area contributed by atoms with Gasteiger partial charge in [-0.05, 0) is 26.0 Å². The van der Waals surface area contributed by atoms with Gasteiger partial charge in [0, 0.05) is 6.04 Å². The van der Waals surface area contributed by atoms with Crippen molar-refractivity contribution in [1.82, 2.24) is 9.97 Å². The van der Waals surface area contributed by atoms with Crippen molar-refractivity contribution in [1.29, 1.82) is 0 Å². The molecule has 14 heavy (non-hydrogen) atoms. The van der Waals surface area contributed by atoms with E-state index < -0.39 is 0 Å². The zero-order valence-electron chi connectivity index (χ0n) is 8.36. The molecule has 0 amide bonds. The Labute approximate surface area is 82.9 Å². The maximum absolute atomic E-state index is 4.38. The number of aromatic amines is 1. The fraction of sp³-hybridized carbons (Fsp3) is 0.273. The minimum Gasteiger partial charge on any atom is -0.337 e. The predicted octanol–water partition coefficient (Wildman–Crippen LogP) is 2.39. The smallest absolute Gasteiger partial charge is 0.149 e. The first-order valence-corrected chi connectivity index (χ1v) is 4.73. The quantitative estimate of drug-likeness (QED) is 0.720. The highest BCUT2D eigenvalue weighted by Crippen LogP contribution is 2.08. The molecule has 1 aromatic carbocycles. The Morgan fingerprint density at radius 2 is 2.14 bits per heavy atom. The number of nitrogens with one attached hydrogen (secondary N) is 1. The number of rotatable bonds is 2. The fourth-order valence-electron chi connectivity index (χ4n) is 1.25. The summed E-state index contributed by atoms with van der Waals surface area (Å²) in [4.78, 5) is 11.8. The van der Waals surface area contributed by atoms with Crippen molar-refractivity contribution in [3.8, 4) is 0 Å². The van der Waals surface area contributed by atoms with E-state index in [1.54, 1.807) is 6.21 Å². The van der Waals surface area contributed by atoms with Crippen molar-refractivity contribution >= 4 is 17.2 Å². The Kier molecular flexibility index (Phi) is 2.31. The number of aliphatic imine (C=N–C) groups is 1. The summed E-state index contributed by atoms with van der Waals surface area (Å²) in [6, 6.07) is 8.27. The molecule has 0 aliphatic carbocycles. The summed E-state index contributed by atoms with van der Waals surface area (Å²) in [5.41, 5.74) is 2.04. The van der Waals surface area contributed by atoms with E-state index in [0.717, 1.165) is 16.9 Å². The van der Waals surface area contributed by atoms with Crippen molar-refractivity contribution < 1.29 is 0 Å². The molecule has 0 fully saturated rings. The third-order valence-electron chi connectivity index (χ3n) is 1.90. The SMILES string of the molecule is CC(C)/N=C/c1nc2ccccc2[nH]1. The van der Waals surface area contributed by atoms with E-state index >= 15 is 0 Å². The second kappa shape index (κ2) is 3.62. The number of imidazole rings is 1. The van der Waals surface area contributed by atoms with Gasteiger partial charge in [0.15, 0.2) is 0 Å². The van der Waals surface area contributed by atoms with Gasteiger partial charge in [0.25, 0.3) is 0 Å². The van der Waals surface area contributed by atoms with Crippen LogP contribution in [-0.4, -0.2) is 22.2 Å². The molecule has 0 aliphatic rings. The first-order valence-electron chi connectivity index (χ1n) is 4.73. The van der Waals surface area contributed by atoms with Gasteiger partial charge < -0.3 is 4.98 Å². The summed E-state index contributed by atoms with van der Waals surface area (Å²) in [5.74, 6) is 0.819. The number of para-hydroxylation sites is 2. The van der Waals surface area contributed by atoms with Crippen LogP contribution >= 0.6 is 0 Å². The van der Waals surface area contributed by atoms with E-state index in [1.807, 2.05) is 38.1 Å². The second-order valence-electron chi connectivity index (χ2n) is 3.51. The van der Waals surface area contributed by atoms with Crippen molar-refractivity contribution in [2.75, 3.05) is 0 Å². The molecule has 0 atom stereocenters. The van der Waals surface area contributed by atoms with Gasteiger partial charge >= 0.3 is 0 Å². The lowest BCUT2D eigenvalue weighted by molar-refractivity contribution is 0.840. The highest BCUT2D eigenvalue weighted by molar-refractivity contribution is 5.83. The summed E-state index contributed by atoms with van der Waals surface area (Å²) in [6.45, 7) is 4.08. The number of aromatic nitrogens is 2. The van der Waals surface area contributed by atoms with E-state index in [-0.39, 0.29) is 0 Å². The van der Waals surface area contributed by atoms with Crippen LogP contribution in [0.2, 0.25) is 0 Å². The molecule has 0 saturated carbocycles. The van der Waals surface area contributed by atoms with Crippen LogP contribution in [0.4, 0.5) is 0 Å². The molecule has 0 saturated heterocycles. The first-order chi connectivity index (χ1) is 6.75. The Morgan fingerprint density at radius 1 is 1.36 bits per heavy atom. The Balaban J connectivity index is 2.36. The summed E-state index contributed by atoms with van der Waals surface area (Å²) in [7, 11) is 0. The monoisotopic (exact) mass is 187 g/mol. The van der Waals surface area contributed by atoms with Gasteiger partial charge in [0.2, 0.25) is 0 Å². The number of hydrogen-bond acceptors (Lipinski definition) is 2. The molecular formula is C11H13N3. The zero-order valence-corrected chi connectivity index (χ0v) is 8.36. The standard InChI is InChI=1S/C11H13N3/c1-8(2)12-7-11-13-9-5-3-4-6-10(9)14-11/h3-8H,1-2H3,(H,13,14)/b12-7+. The average molecular weight is 187 g/mol. The first kappa shape index (κ1) is 8.94. The molecule has 0 unspecified atom stereocenters. The highest BCUT2D eigenvalue weighted by atomic mass is 14.9. The maximum atomic E-state index is 4.38. The summed E-state index contributed by atoms with van der Waals surface area (Å²) < 4.78 is 0. The Hall–Kier alpha value is -1.64. The highest BCUT2D eigenvalue weighted by Gasteiger charge is 1.98. The van der Waals surface area contributed by atoms with Gasteiger partial charge in [-0.1, -0.05) is 12.1 Å². The van der Waals surface area contributed by atoms with Gasteiger partial charge in [-0.25, -0.2) is 4.98 Å². The fourth-order valence-corrected chi connectivity index (χ4v) is 1.25. The number of H-pyrrole nitrogens is 1. The van der Waals surface area contributed by atoms with Crippen LogP contribution in [0.5, 0.6) is 0 Å². The number of benzene rings is 1. The van der Waals surface area contributed by atoms with Gasteiger partial charge in [0.05, 0.1) is 17.2 Å². The normalized spacial score (nSPS) is 11.9. The summed E-state index contributed by atoms with van der Waals surface area (Å²) in [5, 5.41) is 0. The molecule has 3 nitrogen and oxygen atoms in total. The summed E-state index contributed by atoms with van der Waals surface area (Å²) >= 11 is 0. The third-order valence-corrected chi connectivity index (χ3v) is 1.90. The maximum Gasteiger partial charge on any atom is 0.149 e. The lowest BCUT2D eigenvalue weighted by Crippen LogP contribution is -1.91. The molecule has 1 heterocycles. The lowest BCUT2D eigenvalue weighted by Gasteiger charge is -1.91. The zero-order chi connectivity index (χ0) is 9.97. The number of hydrogen-bond donors (Lipinski definition) is 1. The molecule has 0 bridgehead atoms. The van der Waals surface area contributed by atoms with Crippen LogP contribution in [-0.2, 0) is 0 Å². The molecule has 0 spiro atoms. The van der Waals surface area contributed by atoms with Crippen molar-refractivity contribution in [3.63, 3.8) is 0 Å². The summed E-state index contributed by atoms with van der Waals surface area (Å²) in [6.07, 6.45) is 1.78. The third kappa shape index (κ3) is 1.82. The largest absolute Gasteiger partial charge is 0.337 e. The Bertz CT molecular complexity index is 421. The van der Waals surface area contributed by atoms with Crippen molar-refractivity contribution in [2.24, 2.45) is 4.99 Å². The van der Waals surface area contributed by atoms with Crippen molar-refractivity contribution in [2.45, 2.75) is 19.9 Å². The van der Waals surface area contributed by atoms with Crippen LogP contribution in [0, 0.1) is 0 Å². The Morgan fingerprint density at radius 3 is 2.86 bits per heavy atom. The van der Waals surface area contributed by atoms with Crippen LogP contribution in [0.25, 0.3) is 11.0 Å². The van der Waals surface area contributed by atoms with Crippen LogP contribution in [0.15, 0.2) is 29.3 Å². The second-order valence-corrected chi connectivity index (χ2v) is 3.51. The molecule has 0 aliphatic heterocycles. The minimum absolute atomic E-state index is 0.309. The molecular weight excluding hydrogens is 174 g/mol. The van der Waals surface area contributed by atoms with Gasteiger partial charge in [-0.3, -0.25) is 4.99 Å². The molecule has 2 rings (SSSR count). The predicted molar refractivity (Wildman–Crippen MR) is 58.8 cm³/mol. The van der Waals surface area contributed by atoms with E-state index in [2.05, 4.69) is 15.0 Å². The van der Waals surface area contributed by atoms with Crippen LogP contribution in [0.1, 0.15) is 19.7 Å². The van der Waals surface area contributed by atoms with E-state index in [0.29, 0.717) is 6.04 Å². The molecule has 1 N–H and O–H groups in total. The van der Waals surface area contributed by atoms with Gasteiger partial charge in [0.1, 0.15) is 5.82 Å². The van der Waals surface area contributed by atoms with Gasteiger partial charge in [-0.15, -0.1) is 0 Å². The molecule has 1 aromatic heterocycles. The van der Waals surface area contributed by atoms with E-state index in [9.17, 15) is 0 Å². The average Bonchev–Trinajstić information content (AvgIpc) is 2.57. The minimum atomic E-state index is 0.309. The van der Waals surface area contributed by atoms with Gasteiger partial charge in [-0.2, -0.15) is 0 Å². The van der Waals surface area contributed by atoms with Crippen molar-refractivity contribution in [3.05, 3.63) is 30.1 Å². The molecule has 2 aromatic rings. The molecule has 72 valence electrons. The topological polar surface area (TPSA) is 41.0 Å². The lowest BCUT2D eigenvalue weighted by atomic mass is 10.3.